The highest BCUT2D eigenvalue weighted by molar-refractivity contribution is 6.05. The Balaban J connectivity index is 1.85. The van der Waals surface area contributed by atoms with Gasteiger partial charge in [0.25, 0.3) is 5.91 Å². The third-order valence-electron chi connectivity index (χ3n) is 6.91. The molecular formula is C30H42N4O4. The first-order valence-corrected chi connectivity index (χ1v) is 14.1. The molecule has 1 aromatic carbocycles. The van der Waals surface area contributed by atoms with Gasteiger partial charge in [0.05, 0.1) is 12.3 Å². The van der Waals surface area contributed by atoms with E-state index >= 15 is 0 Å². The molecule has 3 rings (SSSR count). The lowest BCUT2D eigenvalue weighted by Crippen LogP contribution is -2.55. The minimum atomic E-state index is -0.580. The molecule has 0 radical (unpaired) electrons. The maximum absolute atomic E-state index is 13.9. The Kier molecular flexibility index (Phi) is 11.2. The van der Waals surface area contributed by atoms with Gasteiger partial charge in [0.2, 0.25) is 5.91 Å². The molecule has 2 heterocycles. The van der Waals surface area contributed by atoms with Gasteiger partial charge in [0, 0.05) is 37.7 Å². The van der Waals surface area contributed by atoms with Crippen LogP contribution in [0, 0.1) is 0 Å². The zero-order chi connectivity index (χ0) is 27.5. The number of carbonyl (C=O) groups is 3. The quantitative estimate of drug-likeness (QED) is 0.277. The van der Waals surface area contributed by atoms with Crippen molar-refractivity contribution < 1.29 is 19.1 Å². The molecule has 1 unspecified atom stereocenters. The number of benzene rings is 1. The Labute approximate surface area is 226 Å². The van der Waals surface area contributed by atoms with Crippen molar-refractivity contribution in [1.82, 2.24) is 19.8 Å². The molecule has 0 bridgehead atoms. The maximum atomic E-state index is 13.9. The predicted molar refractivity (Wildman–Crippen MR) is 148 cm³/mol. The van der Waals surface area contributed by atoms with E-state index in [2.05, 4.69) is 16.9 Å². The van der Waals surface area contributed by atoms with E-state index in [0.29, 0.717) is 44.0 Å². The van der Waals surface area contributed by atoms with E-state index < -0.39 is 5.97 Å². The van der Waals surface area contributed by atoms with Gasteiger partial charge in [0.15, 0.2) is 5.82 Å². The van der Waals surface area contributed by atoms with Crippen LogP contribution in [0.3, 0.4) is 0 Å². The minimum Gasteiger partial charge on any atom is -0.462 e. The average Bonchev–Trinajstić information content (AvgIpc) is 2.92. The van der Waals surface area contributed by atoms with Crippen molar-refractivity contribution in [2.75, 3.05) is 26.2 Å². The summed E-state index contributed by atoms with van der Waals surface area (Å²) < 4.78 is 5.33. The number of aromatic nitrogens is 2. The molecule has 1 saturated heterocycles. The Morgan fingerprint density at radius 2 is 1.68 bits per heavy atom. The molecule has 2 aromatic rings. The van der Waals surface area contributed by atoms with Crippen LogP contribution in [0.5, 0.6) is 0 Å². The van der Waals surface area contributed by atoms with E-state index in [1.165, 1.54) is 12.8 Å². The van der Waals surface area contributed by atoms with Crippen LogP contribution in [-0.2, 0) is 16.0 Å². The van der Waals surface area contributed by atoms with Gasteiger partial charge in [-0.3, -0.25) is 9.59 Å². The Morgan fingerprint density at radius 3 is 2.34 bits per heavy atom. The first-order valence-electron chi connectivity index (χ1n) is 14.1. The fourth-order valence-corrected chi connectivity index (χ4v) is 4.90. The van der Waals surface area contributed by atoms with Crippen molar-refractivity contribution in [2.24, 2.45) is 0 Å². The second kappa shape index (κ2) is 14.6. The van der Waals surface area contributed by atoms with Gasteiger partial charge in [-0.1, -0.05) is 76.3 Å². The Hall–Kier alpha value is -3.29. The number of aryl methyl sites for hydroxylation is 1. The van der Waals surface area contributed by atoms with Gasteiger partial charge in [-0.15, -0.1) is 0 Å². The highest BCUT2D eigenvalue weighted by Gasteiger charge is 2.34. The lowest BCUT2D eigenvalue weighted by Gasteiger charge is -2.40. The van der Waals surface area contributed by atoms with Gasteiger partial charge >= 0.3 is 5.97 Å². The van der Waals surface area contributed by atoms with E-state index in [1.807, 2.05) is 49.1 Å². The number of ether oxygens (including phenoxy) is 1. The van der Waals surface area contributed by atoms with Crippen LogP contribution in [0.2, 0.25) is 0 Å². The minimum absolute atomic E-state index is 0.0728. The number of unbranched alkanes of at least 4 members (excludes halogenated alkanes) is 4. The van der Waals surface area contributed by atoms with Crippen LogP contribution in [-0.4, -0.2) is 69.8 Å². The first-order chi connectivity index (χ1) is 18.4. The largest absolute Gasteiger partial charge is 0.462 e. The summed E-state index contributed by atoms with van der Waals surface area (Å²) in [6.45, 7) is 9.32. The molecule has 206 valence electrons. The van der Waals surface area contributed by atoms with Gasteiger partial charge in [-0.2, -0.15) is 0 Å². The zero-order valence-electron chi connectivity index (χ0n) is 23.4. The van der Waals surface area contributed by atoms with Crippen molar-refractivity contribution in [2.45, 2.75) is 85.1 Å². The molecule has 0 spiro atoms. The van der Waals surface area contributed by atoms with Crippen LogP contribution in [0.4, 0.5) is 0 Å². The molecule has 1 aromatic heterocycles. The summed E-state index contributed by atoms with van der Waals surface area (Å²) >= 11 is 0. The van der Waals surface area contributed by atoms with E-state index in [0.717, 1.165) is 31.2 Å². The summed E-state index contributed by atoms with van der Waals surface area (Å²) in [4.78, 5) is 52.7. The number of rotatable bonds is 12. The number of nitrogens with zero attached hydrogens (tertiary/aromatic N) is 4. The number of esters is 1. The summed E-state index contributed by atoms with van der Waals surface area (Å²) in [5.41, 5.74) is 1.52. The van der Waals surface area contributed by atoms with Crippen LogP contribution in [0.15, 0.2) is 30.3 Å². The number of carbonyl (C=O) groups excluding carboxylic acids is 3. The molecule has 1 atom stereocenters. The molecule has 0 saturated carbocycles. The van der Waals surface area contributed by atoms with E-state index in [4.69, 9.17) is 4.74 Å². The lowest BCUT2D eigenvalue weighted by atomic mass is 10.0. The summed E-state index contributed by atoms with van der Waals surface area (Å²) in [5.74, 6) is -0.352. The summed E-state index contributed by atoms with van der Waals surface area (Å²) in [5, 5.41) is 0. The molecule has 1 aliphatic rings. The smallest absolute Gasteiger partial charge is 0.342 e. The van der Waals surface area contributed by atoms with E-state index in [1.54, 1.807) is 11.8 Å². The van der Waals surface area contributed by atoms with Gasteiger partial charge < -0.3 is 14.5 Å². The summed E-state index contributed by atoms with van der Waals surface area (Å²) in [6, 6.07) is 9.34. The van der Waals surface area contributed by atoms with Crippen molar-refractivity contribution >= 4 is 17.8 Å². The van der Waals surface area contributed by atoms with Crippen LogP contribution in [0.25, 0.3) is 11.4 Å². The van der Waals surface area contributed by atoms with E-state index in [9.17, 15) is 14.4 Å². The second-order valence-corrected chi connectivity index (χ2v) is 9.91. The molecule has 0 N–H and O–H groups in total. The predicted octanol–water partition coefficient (Wildman–Crippen LogP) is 5.31. The molecule has 8 heteroatoms. The van der Waals surface area contributed by atoms with Crippen molar-refractivity contribution in [1.29, 1.82) is 0 Å². The number of hydrogen-bond acceptors (Lipinski definition) is 6. The third kappa shape index (κ3) is 7.39. The summed E-state index contributed by atoms with van der Waals surface area (Å²) in [6.07, 6.45) is 7.33. The standard InChI is InChI=1S/C30H42N4O4/c1-5-8-9-10-14-18-25(35)34-20-19-33(21-22(34)4)29(36)27-26(30(37)38-7-3)24(15-6-2)31-28(32-27)23-16-12-11-13-17-23/h11-13,16-17,22H,5-10,14-15,18-21H2,1-4H3. The zero-order valence-corrected chi connectivity index (χ0v) is 23.4. The van der Waals surface area contributed by atoms with Crippen molar-refractivity contribution in [3.8, 4) is 11.4 Å². The summed E-state index contributed by atoms with van der Waals surface area (Å²) in [7, 11) is 0. The van der Waals surface area contributed by atoms with Gasteiger partial charge in [-0.05, 0) is 26.7 Å². The van der Waals surface area contributed by atoms with Gasteiger partial charge in [-0.25, -0.2) is 14.8 Å². The molecule has 1 aliphatic heterocycles. The van der Waals surface area contributed by atoms with E-state index in [-0.39, 0.29) is 35.7 Å². The lowest BCUT2D eigenvalue weighted by molar-refractivity contribution is -0.135. The van der Waals surface area contributed by atoms with Crippen LogP contribution < -0.4 is 0 Å². The topological polar surface area (TPSA) is 92.7 Å². The van der Waals surface area contributed by atoms with Crippen molar-refractivity contribution in [3.63, 3.8) is 0 Å². The number of amides is 2. The monoisotopic (exact) mass is 522 g/mol. The van der Waals surface area contributed by atoms with Crippen molar-refractivity contribution in [3.05, 3.63) is 47.3 Å². The fourth-order valence-electron chi connectivity index (χ4n) is 4.90. The Morgan fingerprint density at radius 1 is 0.947 bits per heavy atom. The normalized spacial score (nSPS) is 15.4. The fraction of sp³-hybridized carbons (Fsp3) is 0.567. The second-order valence-electron chi connectivity index (χ2n) is 9.91. The molecule has 38 heavy (non-hydrogen) atoms. The molecule has 2 amide bonds. The molecular weight excluding hydrogens is 480 g/mol. The molecule has 0 aliphatic carbocycles. The molecule has 8 nitrogen and oxygen atoms in total. The van der Waals surface area contributed by atoms with Crippen LogP contribution in [0.1, 0.15) is 99.2 Å². The highest BCUT2D eigenvalue weighted by Crippen LogP contribution is 2.24. The molecule has 1 fully saturated rings. The van der Waals surface area contributed by atoms with Gasteiger partial charge in [0.1, 0.15) is 11.3 Å². The third-order valence-corrected chi connectivity index (χ3v) is 6.91. The highest BCUT2D eigenvalue weighted by atomic mass is 16.5. The first kappa shape index (κ1) is 29.3. The average molecular weight is 523 g/mol. The maximum Gasteiger partial charge on any atom is 0.342 e. The Bertz CT molecular complexity index is 1090. The number of piperazine rings is 1. The number of hydrogen-bond donors (Lipinski definition) is 0. The SMILES string of the molecule is CCCCCCCC(=O)N1CCN(C(=O)c2nc(-c3ccccc3)nc(CCC)c2C(=O)OCC)CC1C. The van der Waals surface area contributed by atoms with Crippen LogP contribution >= 0.6 is 0 Å².